The summed E-state index contributed by atoms with van der Waals surface area (Å²) in [6.45, 7) is 2.38. The van der Waals surface area contributed by atoms with Crippen molar-refractivity contribution in [1.29, 1.82) is 0 Å². The van der Waals surface area contributed by atoms with Crippen molar-refractivity contribution in [2.24, 2.45) is 22.7 Å². The molecule has 2 nitrogen and oxygen atoms in total. The van der Waals surface area contributed by atoms with Crippen LogP contribution in [0.15, 0.2) is 0 Å². The minimum atomic E-state index is -0.0897. The second kappa shape index (κ2) is 2.78. The van der Waals surface area contributed by atoms with Crippen molar-refractivity contribution in [3.05, 3.63) is 0 Å². The van der Waals surface area contributed by atoms with Crippen molar-refractivity contribution in [2.45, 2.75) is 45.4 Å². The van der Waals surface area contributed by atoms with Crippen molar-refractivity contribution in [2.75, 3.05) is 7.11 Å². The van der Waals surface area contributed by atoms with Crippen LogP contribution in [0.1, 0.15) is 45.4 Å². The monoisotopic (exact) mass is 208 g/mol. The molecule has 0 aromatic rings. The van der Waals surface area contributed by atoms with Gasteiger partial charge < -0.3 is 4.74 Å². The zero-order valence-corrected chi connectivity index (χ0v) is 9.71. The van der Waals surface area contributed by atoms with E-state index in [0.29, 0.717) is 5.41 Å². The van der Waals surface area contributed by atoms with Crippen LogP contribution in [0.3, 0.4) is 0 Å². The van der Waals surface area contributed by atoms with Crippen molar-refractivity contribution >= 4 is 5.97 Å². The van der Waals surface area contributed by atoms with Crippen LogP contribution in [0.4, 0.5) is 0 Å². The topological polar surface area (TPSA) is 26.3 Å². The molecule has 0 heterocycles. The molecule has 4 atom stereocenters. The highest BCUT2D eigenvalue weighted by molar-refractivity contribution is 5.77. The first-order chi connectivity index (χ1) is 7.05. The van der Waals surface area contributed by atoms with Gasteiger partial charge in [-0.05, 0) is 55.8 Å². The van der Waals surface area contributed by atoms with Gasteiger partial charge in [0.1, 0.15) is 0 Å². The highest BCUT2D eigenvalue weighted by atomic mass is 16.5. The molecule has 4 aliphatic carbocycles. The molecular formula is C13H20O2. The van der Waals surface area contributed by atoms with Crippen LogP contribution in [0.25, 0.3) is 0 Å². The van der Waals surface area contributed by atoms with Crippen LogP contribution in [-0.4, -0.2) is 13.1 Å². The molecule has 0 aromatic carbocycles. The predicted molar refractivity (Wildman–Crippen MR) is 57.2 cm³/mol. The molecular weight excluding hydrogens is 188 g/mol. The molecule has 0 aliphatic heterocycles. The Labute approximate surface area is 91.4 Å². The van der Waals surface area contributed by atoms with Crippen LogP contribution in [0, 0.1) is 22.7 Å². The number of hydrogen-bond donors (Lipinski definition) is 0. The van der Waals surface area contributed by atoms with Crippen LogP contribution >= 0.6 is 0 Å². The summed E-state index contributed by atoms with van der Waals surface area (Å²) in [6, 6.07) is 0. The summed E-state index contributed by atoms with van der Waals surface area (Å²) >= 11 is 0. The standard InChI is InChI=1S/C13H20O2/c1-12-4-9-3-10(5-12)7-13(6-9,8-12)11(14)15-2/h9-10H,3-8H2,1-2H3/t9-,10+,12?,13?. The molecule has 84 valence electrons. The average Bonchev–Trinajstić information content (AvgIpc) is 2.12. The quantitative estimate of drug-likeness (QED) is 0.619. The van der Waals surface area contributed by atoms with Gasteiger partial charge in [-0.3, -0.25) is 4.79 Å². The van der Waals surface area contributed by atoms with Gasteiger partial charge in [0.15, 0.2) is 0 Å². The lowest BCUT2D eigenvalue weighted by atomic mass is 9.44. The van der Waals surface area contributed by atoms with E-state index >= 15 is 0 Å². The largest absolute Gasteiger partial charge is 0.469 e. The molecule has 0 saturated heterocycles. The van der Waals surface area contributed by atoms with E-state index in [0.717, 1.165) is 31.1 Å². The Balaban J connectivity index is 1.96. The van der Waals surface area contributed by atoms with Crippen molar-refractivity contribution in [3.8, 4) is 0 Å². The summed E-state index contributed by atoms with van der Waals surface area (Å²) < 4.78 is 5.04. The first-order valence-corrected chi connectivity index (χ1v) is 6.14. The molecule has 2 unspecified atom stereocenters. The van der Waals surface area contributed by atoms with E-state index in [9.17, 15) is 4.79 Å². The number of carbonyl (C=O) groups is 1. The van der Waals surface area contributed by atoms with Crippen LogP contribution in [0.5, 0.6) is 0 Å². The Morgan fingerprint density at radius 1 is 1.20 bits per heavy atom. The van der Waals surface area contributed by atoms with Gasteiger partial charge in [0.2, 0.25) is 0 Å². The third-order valence-corrected chi connectivity index (χ3v) is 4.97. The Hall–Kier alpha value is -0.530. The van der Waals surface area contributed by atoms with E-state index in [1.165, 1.54) is 19.3 Å². The van der Waals surface area contributed by atoms with Gasteiger partial charge in [0, 0.05) is 0 Å². The zero-order valence-electron chi connectivity index (χ0n) is 9.71. The van der Waals surface area contributed by atoms with Crippen LogP contribution in [0.2, 0.25) is 0 Å². The molecule has 0 amide bonds. The van der Waals surface area contributed by atoms with Gasteiger partial charge in [-0.1, -0.05) is 6.92 Å². The summed E-state index contributed by atoms with van der Waals surface area (Å²) in [7, 11) is 1.54. The predicted octanol–water partition coefficient (Wildman–Crippen LogP) is 2.77. The highest BCUT2D eigenvalue weighted by Gasteiger charge is 2.59. The average molecular weight is 208 g/mol. The SMILES string of the molecule is COC(=O)C12C[C@@H]3C[C@@H](CC(C)(C3)C1)C2. The van der Waals surface area contributed by atoms with Crippen molar-refractivity contribution in [3.63, 3.8) is 0 Å². The fourth-order valence-corrected chi connectivity index (χ4v) is 5.18. The second-order valence-corrected chi connectivity index (χ2v) is 6.54. The van der Waals surface area contributed by atoms with Crippen molar-refractivity contribution < 1.29 is 9.53 Å². The number of carbonyl (C=O) groups excluding carboxylic acids is 1. The van der Waals surface area contributed by atoms with E-state index in [2.05, 4.69) is 6.92 Å². The van der Waals surface area contributed by atoms with E-state index < -0.39 is 0 Å². The molecule has 4 aliphatic rings. The minimum Gasteiger partial charge on any atom is -0.469 e. The molecule has 15 heavy (non-hydrogen) atoms. The van der Waals surface area contributed by atoms with Gasteiger partial charge in [0.25, 0.3) is 0 Å². The molecule has 4 rings (SSSR count). The normalized spacial score (nSPS) is 51.9. The second-order valence-electron chi connectivity index (χ2n) is 6.54. The molecule has 4 bridgehead atoms. The number of ether oxygens (including phenoxy) is 1. The van der Waals surface area contributed by atoms with E-state index in [-0.39, 0.29) is 11.4 Å². The molecule has 4 fully saturated rings. The lowest BCUT2D eigenvalue weighted by Crippen LogP contribution is -2.54. The van der Waals surface area contributed by atoms with Gasteiger partial charge in [-0.2, -0.15) is 0 Å². The first kappa shape index (κ1) is 9.68. The molecule has 4 saturated carbocycles. The molecule has 2 heteroatoms. The fourth-order valence-electron chi connectivity index (χ4n) is 5.18. The van der Waals surface area contributed by atoms with E-state index in [4.69, 9.17) is 4.74 Å². The van der Waals surface area contributed by atoms with Crippen molar-refractivity contribution in [1.82, 2.24) is 0 Å². The maximum Gasteiger partial charge on any atom is 0.311 e. The molecule has 0 N–H and O–H groups in total. The molecule has 0 spiro atoms. The van der Waals surface area contributed by atoms with Gasteiger partial charge in [-0.25, -0.2) is 0 Å². The maximum atomic E-state index is 12.0. The van der Waals surface area contributed by atoms with E-state index in [1.54, 1.807) is 7.11 Å². The Morgan fingerprint density at radius 2 is 1.80 bits per heavy atom. The van der Waals surface area contributed by atoms with Gasteiger partial charge >= 0.3 is 5.97 Å². The summed E-state index contributed by atoms with van der Waals surface area (Å²) in [5.41, 5.74) is 0.353. The third-order valence-electron chi connectivity index (χ3n) is 4.97. The Morgan fingerprint density at radius 3 is 2.27 bits per heavy atom. The zero-order chi connectivity index (χ0) is 10.7. The summed E-state index contributed by atoms with van der Waals surface area (Å²) in [4.78, 5) is 12.0. The van der Waals surface area contributed by atoms with Gasteiger partial charge in [0.05, 0.1) is 12.5 Å². The smallest absolute Gasteiger partial charge is 0.311 e. The molecule has 0 aromatic heterocycles. The molecule has 0 radical (unpaired) electrons. The Bertz CT molecular complexity index is 294. The maximum absolute atomic E-state index is 12.0. The number of rotatable bonds is 1. The lowest BCUT2D eigenvalue weighted by molar-refractivity contribution is -0.176. The van der Waals surface area contributed by atoms with Crippen LogP contribution < -0.4 is 0 Å². The van der Waals surface area contributed by atoms with Crippen LogP contribution in [-0.2, 0) is 9.53 Å². The third kappa shape index (κ3) is 1.26. The number of methoxy groups -OCH3 is 1. The fraction of sp³-hybridized carbons (Fsp3) is 0.923. The minimum absolute atomic E-state index is 0.0721. The lowest BCUT2D eigenvalue weighted by Gasteiger charge is -2.59. The summed E-state index contributed by atoms with van der Waals surface area (Å²) in [6.07, 6.45) is 7.36. The Kier molecular flexibility index (Phi) is 1.79. The highest BCUT2D eigenvalue weighted by Crippen LogP contribution is 2.65. The number of hydrogen-bond acceptors (Lipinski definition) is 2. The summed E-state index contributed by atoms with van der Waals surface area (Å²) in [5.74, 6) is 1.67. The first-order valence-electron chi connectivity index (χ1n) is 6.14. The van der Waals surface area contributed by atoms with Gasteiger partial charge in [-0.15, -0.1) is 0 Å². The van der Waals surface area contributed by atoms with E-state index in [1.807, 2.05) is 0 Å². The number of esters is 1. The summed E-state index contributed by atoms with van der Waals surface area (Å²) in [5, 5.41) is 0.